The van der Waals surface area contributed by atoms with Crippen molar-refractivity contribution in [1.82, 2.24) is 70.5 Å². The lowest BCUT2D eigenvalue weighted by Crippen LogP contribution is -1.88. The monoisotopic (exact) mass is 792 g/mol. The number of H-pyrrole nitrogens is 5. The summed E-state index contributed by atoms with van der Waals surface area (Å²) in [5, 5.41) is 28.1. The molecule has 0 atom stereocenters. The Bertz CT molecular complexity index is 3220. The summed E-state index contributed by atoms with van der Waals surface area (Å²) in [6, 6.07) is 18.6. The molecular formula is C44H36N14S. The summed E-state index contributed by atoms with van der Waals surface area (Å²) < 4.78 is 0. The fraction of sp³-hybridized carbons (Fsp3) is 0.114. The van der Waals surface area contributed by atoms with E-state index in [1.807, 2.05) is 44.3 Å². The van der Waals surface area contributed by atoms with E-state index in [0.29, 0.717) is 11.5 Å². The average Bonchev–Trinajstić information content (AvgIpc) is 4.15. The summed E-state index contributed by atoms with van der Waals surface area (Å²) in [5.41, 5.74) is 15.3. The number of hydrogen-bond donors (Lipinski definition) is 5. The minimum absolute atomic E-state index is 0.713. The van der Waals surface area contributed by atoms with E-state index in [4.69, 9.17) is 9.97 Å². The Morgan fingerprint density at radius 1 is 0.644 bits per heavy atom. The first-order chi connectivity index (χ1) is 29.2. The van der Waals surface area contributed by atoms with Gasteiger partial charge in [0.25, 0.3) is 0 Å². The standard InChI is InChI=1S/C21H13N7S.C21H17N7.C2H6/c1-2-13(12-4-7-29-11-12)19-15(3-1)25-21(26-19)20-14-8-16(18-9-22-5-6-23-18)24-10-17(14)27-28-20;1-2-5-12(4-1)14-6-3-7-16-19(14)26-21(25-16)20-15-8-17(13-9-23-24-10-13)22-11-18(15)27-28-20;1-2/h1-11H,(H,25,26)(H,27,28);3-4,6-11H,1-2,5H2,(H,23,24)(H,25,26)(H,27,28);1-2H3. The lowest BCUT2D eigenvalue weighted by molar-refractivity contribution is 0.935. The summed E-state index contributed by atoms with van der Waals surface area (Å²) >= 11 is 1.68. The van der Waals surface area contributed by atoms with Gasteiger partial charge in [-0.3, -0.25) is 35.2 Å². The van der Waals surface area contributed by atoms with Gasteiger partial charge in [-0.15, -0.1) is 0 Å². The van der Waals surface area contributed by atoms with Crippen LogP contribution in [0.3, 0.4) is 0 Å². The molecule has 14 nitrogen and oxygen atoms in total. The van der Waals surface area contributed by atoms with Crippen molar-refractivity contribution in [1.29, 1.82) is 0 Å². The number of rotatable bonds is 6. The van der Waals surface area contributed by atoms with Gasteiger partial charge >= 0.3 is 0 Å². The lowest BCUT2D eigenvalue weighted by Gasteiger charge is -2.02. The Morgan fingerprint density at radius 3 is 1.97 bits per heavy atom. The van der Waals surface area contributed by atoms with Gasteiger partial charge in [-0.2, -0.15) is 26.6 Å². The molecule has 0 amide bonds. The molecule has 0 saturated heterocycles. The number of nitrogens with zero attached hydrogens (tertiary/aromatic N) is 9. The smallest absolute Gasteiger partial charge is 0.159 e. The molecule has 0 saturated carbocycles. The zero-order chi connectivity index (χ0) is 39.7. The molecule has 1 aliphatic rings. The summed E-state index contributed by atoms with van der Waals surface area (Å²) in [4.78, 5) is 34.1. The van der Waals surface area contributed by atoms with E-state index in [1.54, 1.807) is 48.5 Å². The Balaban J connectivity index is 0.000000137. The molecule has 12 rings (SSSR count). The summed E-state index contributed by atoms with van der Waals surface area (Å²) in [5.74, 6) is 1.47. The molecule has 288 valence electrons. The van der Waals surface area contributed by atoms with Crippen molar-refractivity contribution in [2.24, 2.45) is 0 Å². The van der Waals surface area contributed by atoms with Crippen molar-refractivity contribution >= 4 is 60.8 Å². The van der Waals surface area contributed by atoms with Gasteiger partial charge in [0.2, 0.25) is 0 Å². The van der Waals surface area contributed by atoms with Crippen LogP contribution < -0.4 is 0 Å². The maximum atomic E-state index is 4.92. The second-order valence-electron chi connectivity index (χ2n) is 13.7. The molecule has 0 bridgehead atoms. The van der Waals surface area contributed by atoms with E-state index >= 15 is 0 Å². The normalized spacial score (nSPS) is 12.5. The van der Waals surface area contributed by atoms with Crippen molar-refractivity contribution in [3.63, 3.8) is 0 Å². The molecule has 11 aromatic rings. The SMILES string of the molecule is C1=C(c2cccc3[nH]c(-c4n[nH]c5cnc(-c6cn[nH]c6)cc45)nc23)CCC1.CC.c1cc(-c2ccsc2)c2nc(-c3n[nH]c4cnc(-c5cnccn5)cc34)[nH]c2c1. The Hall–Kier alpha value is -7.65. The molecule has 9 aromatic heterocycles. The maximum Gasteiger partial charge on any atom is 0.159 e. The highest BCUT2D eigenvalue weighted by Gasteiger charge is 2.19. The van der Waals surface area contributed by atoms with Crippen LogP contribution in [0.1, 0.15) is 38.7 Å². The van der Waals surface area contributed by atoms with Crippen molar-refractivity contribution in [2.45, 2.75) is 33.1 Å². The van der Waals surface area contributed by atoms with E-state index in [0.717, 1.165) is 96.4 Å². The molecule has 1 aliphatic carbocycles. The number of fused-ring (bicyclic) bond motifs is 4. The zero-order valence-corrected chi connectivity index (χ0v) is 32.8. The first-order valence-corrected chi connectivity index (χ1v) is 20.3. The third-order valence-electron chi connectivity index (χ3n) is 10.2. The van der Waals surface area contributed by atoms with Crippen molar-refractivity contribution < 1.29 is 0 Å². The molecule has 0 fully saturated rings. The maximum absolute atomic E-state index is 4.92. The molecule has 0 spiro atoms. The van der Waals surface area contributed by atoms with E-state index < -0.39 is 0 Å². The van der Waals surface area contributed by atoms with Gasteiger partial charge in [-0.25, -0.2) is 9.97 Å². The number of benzene rings is 2. The molecule has 0 radical (unpaired) electrons. The predicted octanol–water partition coefficient (Wildman–Crippen LogP) is 10.2. The molecular weight excluding hydrogens is 757 g/mol. The van der Waals surface area contributed by atoms with Gasteiger partial charge in [-0.05, 0) is 71.5 Å². The molecule has 2 aromatic carbocycles. The number of imidazole rings is 2. The Kier molecular flexibility index (Phi) is 9.31. The molecule has 0 unspecified atom stereocenters. The second-order valence-corrected chi connectivity index (χ2v) is 14.4. The van der Waals surface area contributed by atoms with Crippen LogP contribution in [-0.2, 0) is 0 Å². The molecule has 15 heteroatoms. The van der Waals surface area contributed by atoms with Crippen LogP contribution in [0.5, 0.6) is 0 Å². The molecule has 0 aliphatic heterocycles. The number of aromatic nitrogens is 14. The predicted molar refractivity (Wildman–Crippen MR) is 233 cm³/mol. The van der Waals surface area contributed by atoms with Gasteiger partial charge in [0, 0.05) is 46.1 Å². The summed E-state index contributed by atoms with van der Waals surface area (Å²) in [6.07, 6.45) is 18.0. The van der Waals surface area contributed by atoms with Gasteiger partial charge in [0.15, 0.2) is 11.6 Å². The Labute approximate surface area is 340 Å². The van der Waals surface area contributed by atoms with E-state index in [1.165, 1.54) is 23.1 Å². The number of pyridine rings is 2. The van der Waals surface area contributed by atoms with Crippen LogP contribution in [-0.4, -0.2) is 70.5 Å². The van der Waals surface area contributed by atoms with Crippen molar-refractivity contribution in [2.75, 3.05) is 0 Å². The minimum atomic E-state index is 0.713. The third-order valence-corrected chi connectivity index (χ3v) is 10.9. The number of hydrogen-bond acceptors (Lipinski definition) is 10. The van der Waals surface area contributed by atoms with E-state index in [9.17, 15) is 0 Å². The van der Waals surface area contributed by atoms with Gasteiger partial charge in [0.1, 0.15) is 17.1 Å². The van der Waals surface area contributed by atoms with Crippen LogP contribution in [0.25, 0.3) is 106 Å². The molecule has 5 N–H and O–H groups in total. The number of allylic oxidation sites excluding steroid dienone is 2. The van der Waals surface area contributed by atoms with E-state index in [2.05, 4.69) is 108 Å². The van der Waals surface area contributed by atoms with Crippen LogP contribution in [0.15, 0.2) is 115 Å². The average molecular weight is 793 g/mol. The quantitative estimate of drug-likeness (QED) is 0.109. The van der Waals surface area contributed by atoms with Gasteiger partial charge in [-0.1, -0.05) is 44.2 Å². The molecule has 9 heterocycles. The van der Waals surface area contributed by atoms with E-state index in [-0.39, 0.29) is 0 Å². The van der Waals surface area contributed by atoms with Crippen LogP contribution in [0.2, 0.25) is 0 Å². The van der Waals surface area contributed by atoms with Crippen molar-refractivity contribution in [3.05, 3.63) is 120 Å². The summed E-state index contributed by atoms with van der Waals surface area (Å²) in [6.45, 7) is 4.00. The highest BCUT2D eigenvalue weighted by Crippen LogP contribution is 2.35. The van der Waals surface area contributed by atoms with Gasteiger partial charge < -0.3 is 9.97 Å². The van der Waals surface area contributed by atoms with Gasteiger partial charge in [0.05, 0.1) is 69.3 Å². The Morgan fingerprint density at radius 2 is 1.34 bits per heavy atom. The topological polar surface area (TPSA) is 195 Å². The highest BCUT2D eigenvalue weighted by molar-refractivity contribution is 7.08. The first-order valence-electron chi connectivity index (χ1n) is 19.4. The number of nitrogens with one attached hydrogen (secondary N) is 5. The van der Waals surface area contributed by atoms with Crippen LogP contribution in [0.4, 0.5) is 0 Å². The fourth-order valence-corrected chi connectivity index (χ4v) is 8.08. The number of thiophene rings is 1. The highest BCUT2D eigenvalue weighted by atomic mass is 32.1. The third kappa shape index (κ3) is 6.62. The van der Waals surface area contributed by atoms with Crippen LogP contribution in [0, 0.1) is 0 Å². The fourth-order valence-electron chi connectivity index (χ4n) is 7.43. The zero-order valence-electron chi connectivity index (χ0n) is 32.0. The van der Waals surface area contributed by atoms with Crippen molar-refractivity contribution in [3.8, 4) is 56.8 Å². The number of para-hydroxylation sites is 2. The minimum Gasteiger partial charge on any atom is -0.337 e. The summed E-state index contributed by atoms with van der Waals surface area (Å²) in [7, 11) is 0. The largest absolute Gasteiger partial charge is 0.337 e. The first kappa shape index (κ1) is 35.7. The number of aromatic amines is 5. The second kappa shape index (κ2) is 15.4. The lowest BCUT2D eigenvalue weighted by atomic mass is 10.0. The van der Waals surface area contributed by atoms with Crippen LogP contribution >= 0.6 is 11.3 Å². The molecule has 59 heavy (non-hydrogen) atoms.